The van der Waals surface area contributed by atoms with Crippen LogP contribution in [0.3, 0.4) is 0 Å². The van der Waals surface area contributed by atoms with E-state index in [9.17, 15) is 0 Å². The van der Waals surface area contributed by atoms with Crippen molar-refractivity contribution in [2.75, 3.05) is 20.6 Å². The Morgan fingerprint density at radius 2 is 1.77 bits per heavy atom. The summed E-state index contributed by atoms with van der Waals surface area (Å²) < 4.78 is 0. The van der Waals surface area contributed by atoms with Gasteiger partial charge in [0.15, 0.2) is 0 Å². The van der Waals surface area contributed by atoms with Gasteiger partial charge in [0.05, 0.1) is 0 Å². The molecule has 0 aromatic carbocycles. The molecule has 0 aromatic rings. The molecule has 0 fully saturated rings. The topological polar surface area (TPSA) is 6.48 Å². The molecule has 0 bridgehead atoms. The number of nitrogens with zero attached hydrogens (tertiary/aromatic N) is 2. The first-order valence-electron chi connectivity index (χ1n) is 8.38. The second-order valence-corrected chi connectivity index (χ2v) is 6.49. The molecule has 2 nitrogen and oxygen atoms in total. The van der Waals surface area contributed by atoms with Crippen molar-refractivity contribution in [3.05, 3.63) is 47.5 Å². The van der Waals surface area contributed by atoms with E-state index in [0.29, 0.717) is 5.92 Å². The smallest absolute Gasteiger partial charge is 0.0367 e. The summed E-state index contributed by atoms with van der Waals surface area (Å²) in [7, 11) is 4.10. The SMILES string of the molecule is C=C(/C(C)=C(/C=C\N(C)C)CC)N(CCC(C)C)/C(C)=C/C. The Bertz CT molecular complexity index is 437. The van der Waals surface area contributed by atoms with Gasteiger partial charge in [-0.25, -0.2) is 0 Å². The maximum absolute atomic E-state index is 4.38. The van der Waals surface area contributed by atoms with E-state index in [0.717, 1.165) is 18.7 Å². The van der Waals surface area contributed by atoms with Crippen LogP contribution in [-0.4, -0.2) is 30.4 Å². The van der Waals surface area contributed by atoms with Gasteiger partial charge in [-0.15, -0.1) is 0 Å². The van der Waals surface area contributed by atoms with Crippen LogP contribution < -0.4 is 0 Å². The molecule has 0 radical (unpaired) electrons. The van der Waals surface area contributed by atoms with Crippen molar-refractivity contribution < 1.29 is 0 Å². The van der Waals surface area contributed by atoms with Crippen molar-refractivity contribution in [3.8, 4) is 0 Å². The highest BCUT2D eigenvalue weighted by molar-refractivity contribution is 5.38. The zero-order valence-electron chi connectivity index (χ0n) is 16.0. The Morgan fingerprint density at radius 1 is 1.18 bits per heavy atom. The molecule has 0 aromatic heterocycles. The minimum Gasteiger partial charge on any atom is -0.383 e. The molecule has 0 saturated carbocycles. The molecule has 0 aliphatic carbocycles. The quantitative estimate of drug-likeness (QED) is 0.513. The minimum absolute atomic E-state index is 0.698. The number of hydrogen-bond acceptors (Lipinski definition) is 2. The average molecular weight is 305 g/mol. The predicted molar refractivity (Wildman–Crippen MR) is 101 cm³/mol. The number of hydrogen-bond donors (Lipinski definition) is 0. The predicted octanol–water partition coefficient (Wildman–Crippen LogP) is 5.57. The largest absolute Gasteiger partial charge is 0.383 e. The highest BCUT2D eigenvalue weighted by atomic mass is 15.1. The number of allylic oxidation sites excluding steroid dienone is 5. The fraction of sp³-hybridized carbons (Fsp3) is 0.600. The van der Waals surface area contributed by atoms with Crippen LogP contribution in [0.5, 0.6) is 0 Å². The van der Waals surface area contributed by atoms with Gasteiger partial charge in [0.1, 0.15) is 0 Å². The van der Waals surface area contributed by atoms with Gasteiger partial charge in [-0.2, -0.15) is 0 Å². The van der Waals surface area contributed by atoms with Crippen LogP contribution in [0.25, 0.3) is 0 Å². The lowest BCUT2D eigenvalue weighted by molar-refractivity contribution is 0.390. The van der Waals surface area contributed by atoms with Crippen molar-refractivity contribution in [1.82, 2.24) is 9.80 Å². The van der Waals surface area contributed by atoms with E-state index in [1.807, 2.05) is 14.1 Å². The van der Waals surface area contributed by atoms with Crippen molar-refractivity contribution >= 4 is 0 Å². The Morgan fingerprint density at radius 3 is 2.18 bits per heavy atom. The molecule has 126 valence electrons. The van der Waals surface area contributed by atoms with Gasteiger partial charge in [0.2, 0.25) is 0 Å². The Balaban J connectivity index is 5.41. The fourth-order valence-electron chi connectivity index (χ4n) is 2.20. The summed E-state index contributed by atoms with van der Waals surface area (Å²) in [5, 5.41) is 0. The van der Waals surface area contributed by atoms with E-state index in [1.54, 1.807) is 0 Å². The first-order valence-corrected chi connectivity index (χ1v) is 8.38. The lowest BCUT2D eigenvalue weighted by Crippen LogP contribution is -2.24. The average Bonchev–Trinajstić information content (AvgIpc) is 2.46. The Hall–Kier alpha value is -1.44. The maximum Gasteiger partial charge on any atom is 0.0367 e. The molecule has 0 unspecified atom stereocenters. The summed E-state index contributed by atoms with van der Waals surface area (Å²) in [6.45, 7) is 18.6. The van der Waals surface area contributed by atoms with Gasteiger partial charge in [0, 0.05) is 32.0 Å². The van der Waals surface area contributed by atoms with Gasteiger partial charge in [-0.3, -0.25) is 0 Å². The zero-order valence-corrected chi connectivity index (χ0v) is 16.0. The third-order valence-electron chi connectivity index (χ3n) is 3.97. The molecule has 0 amide bonds. The zero-order chi connectivity index (χ0) is 17.3. The molecular weight excluding hydrogens is 268 g/mol. The summed E-state index contributed by atoms with van der Waals surface area (Å²) in [6.07, 6.45) is 8.66. The first-order chi connectivity index (χ1) is 10.2. The van der Waals surface area contributed by atoms with Gasteiger partial charge >= 0.3 is 0 Å². The molecular formula is C20H36N2. The molecule has 22 heavy (non-hydrogen) atoms. The van der Waals surface area contributed by atoms with Crippen molar-refractivity contribution in [2.24, 2.45) is 5.92 Å². The van der Waals surface area contributed by atoms with E-state index in [4.69, 9.17) is 0 Å². The third kappa shape index (κ3) is 7.02. The van der Waals surface area contributed by atoms with Crippen molar-refractivity contribution in [1.29, 1.82) is 0 Å². The van der Waals surface area contributed by atoms with Crippen LogP contribution in [0.2, 0.25) is 0 Å². The van der Waals surface area contributed by atoms with Crippen LogP contribution in [0.15, 0.2) is 47.5 Å². The molecule has 0 N–H and O–H groups in total. The van der Waals surface area contributed by atoms with Crippen LogP contribution >= 0.6 is 0 Å². The van der Waals surface area contributed by atoms with E-state index < -0.39 is 0 Å². The van der Waals surface area contributed by atoms with Gasteiger partial charge in [-0.1, -0.05) is 33.4 Å². The summed E-state index contributed by atoms with van der Waals surface area (Å²) in [5.74, 6) is 0.698. The van der Waals surface area contributed by atoms with Crippen LogP contribution in [0.4, 0.5) is 0 Å². The van der Waals surface area contributed by atoms with Gasteiger partial charge < -0.3 is 9.80 Å². The summed E-state index contributed by atoms with van der Waals surface area (Å²) in [6, 6.07) is 0. The number of rotatable bonds is 9. The van der Waals surface area contributed by atoms with Crippen LogP contribution in [0, 0.1) is 5.92 Å². The summed E-state index contributed by atoms with van der Waals surface area (Å²) in [4.78, 5) is 4.42. The molecule has 2 heteroatoms. The van der Waals surface area contributed by atoms with Gasteiger partial charge in [0.25, 0.3) is 0 Å². The lowest BCUT2D eigenvalue weighted by Gasteiger charge is -2.29. The highest BCUT2D eigenvalue weighted by Gasteiger charge is 2.13. The lowest BCUT2D eigenvalue weighted by atomic mass is 10.0. The fourth-order valence-corrected chi connectivity index (χ4v) is 2.20. The second-order valence-electron chi connectivity index (χ2n) is 6.49. The second kappa shape index (κ2) is 10.3. The molecule has 0 rings (SSSR count). The third-order valence-corrected chi connectivity index (χ3v) is 3.97. The standard InChI is InChI=1S/C20H36N2/c1-10-17(5)22(15-12-16(3)4)19(7)18(6)20(11-2)13-14-21(8)9/h10,13-14,16H,7,11-12,15H2,1-6,8-9H3/b14-13-,17-10+,20-18+. The summed E-state index contributed by atoms with van der Waals surface area (Å²) in [5.41, 5.74) is 5.02. The molecule has 0 spiro atoms. The van der Waals surface area contributed by atoms with E-state index in [1.165, 1.54) is 23.3 Å². The molecule has 0 heterocycles. The highest BCUT2D eigenvalue weighted by Crippen LogP contribution is 2.24. The van der Waals surface area contributed by atoms with Crippen LogP contribution in [-0.2, 0) is 0 Å². The van der Waals surface area contributed by atoms with E-state index in [-0.39, 0.29) is 0 Å². The monoisotopic (exact) mass is 304 g/mol. The normalized spacial score (nSPS) is 13.6. The molecule has 0 aliphatic heterocycles. The Labute approximate surface area is 138 Å². The van der Waals surface area contributed by atoms with Crippen molar-refractivity contribution in [3.63, 3.8) is 0 Å². The van der Waals surface area contributed by atoms with Crippen molar-refractivity contribution in [2.45, 2.75) is 54.4 Å². The van der Waals surface area contributed by atoms with E-state index in [2.05, 4.69) is 76.3 Å². The molecule has 0 saturated heterocycles. The summed E-state index contributed by atoms with van der Waals surface area (Å²) >= 11 is 0. The minimum atomic E-state index is 0.698. The first kappa shape index (κ1) is 20.6. The maximum atomic E-state index is 4.38. The van der Waals surface area contributed by atoms with E-state index >= 15 is 0 Å². The van der Waals surface area contributed by atoms with Gasteiger partial charge in [-0.05, 0) is 63.0 Å². The molecule has 0 aliphatic rings. The van der Waals surface area contributed by atoms with Crippen LogP contribution in [0.1, 0.15) is 54.4 Å². The molecule has 0 atom stereocenters. The Kier molecular flexibility index (Phi) is 9.64.